The minimum absolute atomic E-state index is 0.0636. The van der Waals surface area contributed by atoms with Crippen LogP contribution in [0.5, 0.6) is 5.75 Å². The summed E-state index contributed by atoms with van der Waals surface area (Å²) in [7, 11) is 0. The number of cyclic esters (lactones) is 1. The molecule has 0 aliphatic carbocycles. The van der Waals surface area contributed by atoms with E-state index in [0.717, 1.165) is 0 Å². The van der Waals surface area contributed by atoms with Crippen molar-refractivity contribution in [1.82, 2.24) is 5.32 Å². The molecule has 0 aromatic heterocycles. The van der Waals surface area contributed by atoms with Crippen molar-refractivity contribution >= 4 is 6.09 Å². The number of carbonyl (C=O) groups is 1. The fourth-order valence-corrected chi connectivity index (χ4v) is 1.47. The topological polar surface area (TPSA) is 47.6 Å². The Morgan fingerprint density at radius 3 is 2.94 bits per heavy atom. The smallest absolute Gasteiger partial charge is 0.407 e. The summed E-state index contributed by atoms with van der Waals surface area (Å²) in [6, 6.07) is 5.85. The first kappa shape index (κ1) is 10.7. The van der Waals surface area contributed by atoms with Gasteiger partial charge >= 0.3 is 12.7 Å². The minimum atomic E-state index is -2.86. The van der Waals surface area contributed by atoms with Crippen LogP contribution in [0.1, 0.15) is 11.6 Å². The average molecular weight is 229 g/mol. The van der Waals surface area contributed by atoms with Gasteiger partial charge in [-0.05, 0) is 17.7 Å². The summed E-state index contributed by atoms with van der Waals surface area (Å²) in [5.41, 5.74) is 0.670. The van der Waals surface area contributed by atoms with E-state index < -0.39 is 12.7 Å². The number of hydrogen-bond acceptors (Lipinski definition) is 3. The number of benzene rings is 1. The maximum absolute atomic E-state index is 12.0. The molecular formula is C10H9F2NO3. The van der Waals surface area contributed by atoms with Crippen LogP contribution in [0.25, 0.3) is 0 Å². The Hall–Kier alpha value is -1.85. The number of carbonyl (C=O) groups excluding carboxylic acids is 1. The van der Waals surface area contributed by atoms with Crippen LogP contribution >= 0.6 is 0 Å². The van der Waals surface area contributed by atoms with Gasteiger partial charge in [0.2, 0.25) is 0 Å². The zero-order valence-corrected chi connectivity index (χ0v) is 8.15. The van der Waals surface area contributed by atoms with Gasteiger partial charge in [0.15, 0.2) is 0 Å². The molecule has 86 valence electrons. The maximum atomic E-state index is 12.0. The molecular weight excluding hydrogens is 220 g/mol. The van der Waals surface area contributed by atoms with Crippen molar-refractivity contribution in [2.45, 2.75) is 12.7 Å². The average Bonchev–Trinajstić information content (AvgIpc) is 2.64. The second kappa shape index (κ2) is 4.34. The van der Waals surface area contributed by atoms with Gasteiger partial charge in [0.25, 0.3) is 0 Å². The molecule has 1 amide bonds. The molecule has 4 nitrogen and oxygen atoms in total. The van der Waals surface area contributed by atoms with Gasteiger partial charge in [-0.2, -0.15) is 8.78 Å². The van der Waals surface area contributed by atoms with Crippen LogP contribution < -0.4 is 10.1 Å². The second-order valence-corrected chi connectivity index (χ2v) is 3.25. The zero-order valence-electron chi connectivity index (χ0n) is 8.15. The molecule has 2 rings (SSSR count). The molecule has 1 N–H and O–H groups in total. The molecule has 1 aromatic carbocycles. The standard InChI is InChI=1S/C10H9F2NO3/c11-9(12)16-7-3-1-2-6(4-7)8-5-15-10(14)13-8/h1-4,8-9H,5H2,(H,13,14). The highest BCUT2D eigenvalue weighted by Crippen LogP contribution is 2.23. The number of alkyl carbamates (subject to hydrolysis) is 1. The highest BCUT2D eigenvalue weighted by atomic mass is 19.3. The minimum Gasteiger partial charge on any atom is -0.447 e. The van der Waals surface area contributed by atoms with Crippen LogP contribution in [0.3, 0.4) is 0 Å². The first-order valence-electron chi connectivity index (χ1n) is 4.63. The number of hydrogen-bond donors (Lipinski definition) is 1. The summed E-state index contributed by atoms with van der Waals surface area (Å²) in [5, 5.41) is 2.55. The van der Waals surface area contributed by atoms with E-state index in [2.05, 4.69) is 10.1 Å². The van der Waals surface area contributed by atoms with Gasteiger partial charge in [-0.15, -0.1) is 0 Å². The van der Waals surface area contributed by atoms with E-state index in [1.165, 1.54) is 12.1 Å². The normalized spacial score (nSPS) is 19.4. The van der Waals surface area contributed by atoms with Crippen molar-refractivity contribution in [3.8, 4) is 5.75 Å². The van der Waals surface area contributed by atoms with Gasteiger partial charge in [0, 0.05) is 0 Å². The highest BCUT2D eigenvalue weighted by Gasteiger charge is 2.24. The lowest BCUT2D eigenvalue weighted by Gasteiger charge is -2.10. The molecule has 0 radical (unpaired) electrons. The SMILES string of the molecule is O=C1NC(c2cccc(OC(F)F)c2)CO1. The molecule has 1 fully saturated rings. The first-order chi connectivity index (χ1) is 7.65. The molecule has 1 atom stereocenters. The third-order valence-electron chi connectivity index (χ3n) is 2.16. The number of rotatable bonds is 3. The molecule has 0 saturated carbocycles. The zero-order chi connectivity index (χ0) is 11.5. The van der Waals surface area contributed by atoms with Gasteiger partial charge in [-0.3, -0.25) is 0 Å². The Morgan fingerprint density at radius 1 is 1.50 bits per heavy atom. The van der Waals surface area contributed by atoms with Crippen molar-refractivity contribution < 1.29 is 23.0 Å². The number of halogens is 2. The lowest BCUT2D eigenvalue weighted by molar-refractivity contribution is -0.0499. The van der Waals surface area contributed by atoms with E-state index in [4.69, 9.17) is 4.74 Å². The van der Waals surface area contributed by atoms with Gasteiger partial charge in [-0.1, -0.05) is 12.1 Å². The Labute approximate surface area is 90.2 Å². The summed E-state index contributed by atoms with van der Waals surface area (Å²) in [4.78, 5) is 10.8. The van der Waals surface area contributed by atoms with E-state index in [9.17, 15) is 13.6 Å². The maximum Gasteiger partial charge on any atom is 0.407 e. The van der Waals surface area contributed by atoms with E-state index in [-0.39, 0.29) is 18.4 Å². The van der Waals surface area contributed by atoms with E-state index in [0.29, 0.717) is 5.56 Å². The van der Waals surface area contributed by atoms with Crippen LogP contribution in [-0.2, 0) is 4.74 Å². The van der Waals surface area contributed by atoms with Crippen LogP contribution in [0.4, 0.5) is 13.6 Å². The number of ether oxygens (including phenoxy) is 2. The van der Waals surface area contributed by atoms with Crippen LogP contribution in [0.2, 0.25) is 0 Å². The summed E-state index contributed by atoms with van der Waals surface area (Å²) in [6.07, 6.45) is -0.509. The second-order valence-electron chi connectivity index (χ2n) is 3.25. The van der Waals surface area contributed by atoms with Crippen molar-refractivity contribution in [2.75, 3.05) is 6.61 Å². The molecule has 6 heteroatoms. The predicted octanol–water partition coefficient (Wildman–Crippen LogP) is 2.07. The van der Waals surface area contributed by atoms with E-state index >= 15 is 0 Å². The van der Waals surface area contributed by atoms with Crippen LogP contribution in [-0.4, -0.2) is 19.3 Å². The quantitative estimate of drug-likeness (QED) is 0.863. The highest BCUT2D eigenvalue weighted by molar-refractivity contribution is 5.70. The molecule has 0 bridgehead atoms. The first-order valence-corrected chi connectivity index (χ1v) is 4.63. The fourth-order valence-electron chi connectivity index (χ4n) is 1.47. The van der Waals surface area contributed by atoms with Crippen LogP contribution in [0, 0.1) is 0 Å². The molecule has 1 heterocycles. The molecule has 1 aromatic rings. The Kier molecular flexibility index (Phi) is 2.89. The lowest BCUT2D eigenvalue weighted by atomic mass is 10.1. The molecule has 1 aliphatic heterocycles. The summed E-state index contributed by atoms with van der Waals surface area (Å²) >= 11 is 0. The largest absolute Gasteiger partial charge is 0.447 e. The van der Waals surface area contributed by atoms with E-state index in [1.807, 2.05) is 0 Å². The molecule has 16 heavy (non-hydrogen) atoms. The molecule has 1 saturated heterocycles. The number of nitrogens with one attached hydrogen (secondary N) is 1. The third-order valence-corrected chi connectivity index (χ3v) is 2.16. The summed E-state index contributed by atoms with van der Waals surface area (Å²) in [5.74, 6) is 0.0636. The third kappa shape index (κ3) is 2.39. The number of alkyl halides is 2. The van der Waals surface area contributed by atoms with Crippen LogP contribution in [0.15, 0.2) is 24.3 Å². The van der Waals surface area contributed by atoms with Gasteiger partial charge in [-0.25, -0.2) is 4.79 Å². The van der Waals surface area contributed by atoms with Crippen molar-refractivity contribution in [1.29, 1.82) is 0 Å². The molecule has 0 spiro atoms. The predicted molar refractivity (Wildman–Crippen MR) is 50.3 cm³/mol. The lowest BCUT2D eigenvalue weighted by Crippen LogP contribution is -2.18. The summed E-state index contributed by atoms with van der Waals surface area (Å²) < 4.78 is 32.9. The Balaban J connectivity index is 2.12. The van der Waals surface area contributed by atoms with E-state index in [1.54, 1.807) is 12.1 Å². The van der Waals surface area contributed by atoms with Gasteiger partial charge < -0.3 is 14.8 Å². The monoisotopic (exact) mass is 229 g/mol. The molecule has 1 unspecified atom stereocenters. The fraction of sp³-hybridized carbons (Fsp3) is 0.300. The van der Waals surface area contributed by atoms with Crippen molar-refractivity contribution in [3.63, 3.8) is 0 Å². The Bertz CT molecular complexity index is 397. The van der Waals surface area contributed by atoms with Gasteiger partial charge in [0.05, 0.1) is 6.04 Å². The molecule has 1 aliphatic rings. The Morgan fingerprint density at radius 2 is 2.31 bits per heavy atom. The number of amides is 1. The van der Waals surface area contributed by atoms with Crippen molar-refractivity contribution in [2.24, 2.45) is 0 Å². The van der Waals surface area contributed by atoms with Crippen molar-refractivity contribution in [3.05, 3.63) is 29.8 Å². The summed E-state index contributed by atoms with van der Waals surface area (Å²) in [6.45, 7) is -2.67. The van der Waals surface area contributed by atoms with Gasteiger partial charge in [0.1, 0.15) is 12.4 Å².